The Balaban J connectivity index is 2.86. The van der Waals surface area contributed by atoms with Gasteiger partial charge >= 0.3 is 17.9 Å². The fourth-order valence-electron chi connectivity index (χ4n) is 7.07. The molecule has 1 fully saturated rings. The molecule has 1 saturated heterocycles. The highest BCUT2D eigenvalue weighted by atomic mass is 16.5. The van der Waals surface area contributed by atoms with Crippen molar-refractivity contribution in [2.75, 3.05) is 39.5 Å². The standard InChI is InChI=1S/C46H81NO7/c1-4-7-10-13-16-19-22-25-38-52-43(49)28-33-46(47-36-31-42(41-48)32-37-47,34-29-44(50)53-39-26-23-20-17-14-11-8-5-2)35-30-45(51)54-40-27-24-21-18-15-12-9-6-3/h16-21,42,48H,4-15,22-41H2,1-3H3/b19-16-,20-17-,21-18-. The predicted molar refractivity (Wildman–Crippen MR) is 222 cm³/mol. The van der Waals surface area contributed by atoms with Crippen molar-refractivity contribution in [3.05, 3.63) is 36.5 Å². The van der Waals surface area contributed by atoms with Gasteiger partial charge in [-0.15, -0.1) is 0 Å². The molecule has 0 atom stereocenters. The van der Waals surface area contributed by atoms with Gasteiger partial charge in [0.25, 0.3) is 0 Å². The normalized spacial score (nSPS) is 14.4. The Bertz CT molecular complexity index is 907. The molecule has 0 bridgehead atoms. The van der Waals surface area contributed by atoms with Gasteiger partial charge in [-0.05, 0) is 128 Å². The van der Waals surface area contributed by atoms with E-state index in [1.54, 1.807) is 0 Å². The Labute approximate surface area is 330 Å². The fraction of sp³-hybridized carbons (Fsp3) is 0.804. The first-order valence-electron chi connectivity index (χ1n) is 22.2. The van der Waals surface area contributed by atoms with Crippen LogP contribution in [0.1, 0.15) is 188 Å². The lowest BCUT2D eigenvalue weighted by molar-refractivity contribution is -0.146. The fourth-order valence-corrected chi connectivity index (χ4v) is 7.07. The zero-order valence-corrected chi connectivity index (χ0v) is 35.0. The summed E-state index contributed by atoms with van der Waals surface area (Å²) in [7, 11) is 0. The molecule has 0 saturated carbocycles. The van der Waals surface area contributed by atoms with Crippen molar-refractivity contribution in [3.8, 4) is 0 Å². The first-order valence-corrected chi connectivity index (χ1v) is 22.2. The molecular formula is C46H81NO7. The summed E-state index contributed by atoms with van der Waals surface area (Å²) in [6, 6.07) is 0. The third kappa shape index (κ3) is 26.4. The zero-order chi connectivity index (χ0) is 39.4. The van der Waals surface area contributed by atoms with E-state index >= 15 is 0 Å². The first kappa shape index (κ1) is 49.6. The monoisotopic (exact) mass is 760 g/mol. The largest absolute Gasteiger partial charge is 0.466 e. The van der Waals surface area contributed by atoms with Crippen molar-refractivity contribution >= 4 is 17.9 Å². The van der Waals surface area contributed by atoms with E-state index in [-0.39, 0.29) is 49.7 Å². The SMILES string of the molecule is CCCCC/C=C\CCCOC(=O)CCC(CCC(=O)OCCC/C=C\CCCCC)(CCC(=O)OCCC/C=C\CCCCC)N1CCC(CO)CC1. The molecule has 0 radical (unpaired) electrons. The van der Waals surface area contributed by atoms with Gasteiger partial charge in [-0.2, -0.15) is 0 Å². The number of allylic oxidation sites excluding steroid dienone is 6. The van der Waals surface area contributed by atoms with Crippen LogP contribution < -0.4 is 0 Å². The van der Waals surface area contributed by atoms with Crippen LogP contribution in [0.2, 0.25) is 0 Å². The van der Waals surface area contributed by atoms with E-state index in [0.29, 0.717) is 39.1 Å². The Morgan fingerprint density at radius 3 is 1.15 bits per heavy atom. The van der Waals surface area contributed by atoms with Crippen molar-refractivity contribution in [2.45, 2.75) is 193 Å². The summed E-state index contributed by atoms with van der Waals surface area (Å²) < 4.78 is 17.0. The van der Waals surface area contributed by atoms with E-state index in [1.165, 1.54) is 57.8 Å². The van der Waals surface area contributed by atoms with Crippen LogP contribution in [-0.4, -0.2) is 73.0 Å². The van der Waals surface area contributed by atoms with Crippen LogP contribution in [-0.2, 0) is 28.6 Å². The number of rotatable bonds is 35. The molecule has 312 valence electrons. The van der Waals surface area contributed by atoms with Gasteiger partial charge in [0.05, 0.1) is 19.8 Å². The Kier molecular flexibility index (Phi) is 32.1. The van der Waals surface area contributed by atoms with Crippen LogP contribution in [0, 0.1) is 5.92 Å². The van der Waals surface area contributed by atoms with Crippen LogP contribution >= 0.6 is 0 Å². The van der Waals surface area contributed by atoms with Crippen LogP contribution in [0.15, 0.2) is 36.5 Å². The van der Waals surface area contributed by atoms with Crippen LogP contribution in [0.25, 0.3) is 0 Å². The lowest BCUT2D eigenvalue weighted by atomic mass is 9.80. The summed E-state index contributed by atoms with van der Waals surface area (Å²) in [5.41, 5.74) is -0.568. The summed E-state index contributed by atoms with van der Waals surface area (Å²) in [5.74, 6) is -0.493. The number of carbonyl (C=O) groups is 3. The van der Waals surface area contributed by atoms with E-state index in [9.17, 15) is 19.5 Å². The smallest absolute Gasteiger partial charge is 0.305 e. The lowest BCUT2D eigenvalue weighted by Crippen LogP contribution is -2.53. The number of carbonyl (C=O) groups excluding carboxylic acids is 3. The molecule has 0 unspecified atom stereocenters. The molecule has 0 aliphatic carbocycles. The van der Waals surface area contributed by atoms with Crippen LogP contribution in [0.3, 0.4) is 0 Å². The van der Waals surface area contributed by atoms with Gasteiger partial charge in [0.1, 0.15) is 0 Å². The van der Waals surface area contributed by atoms with Crippen molar-refractivity contribution < 1.29 is 33.7 Å². The highest BCUT2D eigenvalue weighted by Gasteiger charge is 2.39. The van der Waals surface area contributed by atoms with Crippen molar-refractivity contribution in [1.29, 1.82) is 0 Å². The molecule has 8 nitrogen and oxygen atoms in total. The number of aliphatic hydroxyl groups excluding tert-OH is 1. The number of esters is 3. The minimum atomic E-state index is -0.568. The minimum absolute atomic E-state index is 0.154. The van der Waals surface area contributed by atoms with Gasteiger partial charge in [0.2, 0.25) is 0 Å². The number of ether oxygens (including phenoxy) is 3. The maximum absolute atomic E-state index is 13.1. The summed E-state index contributed by atoms with van der Waals surface area (Å²) in [6.45, 7) is 9.40. The second-order valence-corrected chi connectivity index (χ2v) is 15.3. The number of nitrogens with zero attached hydrogens (tertiary/aromatic N) is 1. The number of hydrogen-bond acceptors (Lipinski definition) is 8. The van der Waals surface area contributed by atoms with Crippen molar-refractivity contribution in [2.24, 2.45) is 5.92 Å². The molecular weight excluding hydrogens is 679 g/mol. The number of unbranched alkanes of at least 4 members (excludes halogenated alkanes) is 12. The maximum atomic E-state index is 13.1. The summed E-state index contributed by atoms with van der Waals surface area (Å²) >= 11 is 0. The molecule has 0 spiro atoms. The summed E-state index contributed by atoms with van der Waals surface area (Å²) in [5, 5.41) is 9.85. The molecule has 8 heteroatoms. The average molecular weight is 760 g/mol. The molecule has 0 aromatic rings. The Hall–Kier alpha value is -2.45. The minimum Gasteiger partial charge on any atom is -0.466 e. The topological polar surface area (TPSA) is 102 Å². The number of aliphatic hydroxyl groups is 1. The zero-order valence-electron chi connectivity index (χ0n) is 35.0. The highest BCUT2D eigenvalue weighted by molar-refractivity contribution is 5.71. The third-order valence-corrected chi connectivity index (χ3v) is 10.7. The molecule has 1 N–H and O–H groups in total. The van der Waals surface area contributed by atoms with Gasteiger partial charge in [0.15, 0.2) is 0 Å². The van der Waals surface area contributed by atoms with Gasteiger partial charge in [-0.3, -0.25) is 19.3 Å². The number of likely N-dealkylation sites (tertiary alicyclic amines) is 1. The molecule has 0 aromatic heterocycles. The van der Waals surface area contributed by atoms with Crippen molar-refractivity contribution in [3.63, 3.8) is 0 Å². The average Bonchev–Trinajstić information content (AvgIpc) is 3.18. The third-order valence-electron chi connectivity index (χ3n) is 10.7. The van der Waals surface area contributed by atoms with E-state index in [0.717, 1.165) is 83.7 Å². The Morgan fingerprint density at radius 1 is 0.537 bits per heavy atom. The summed E-state index contributed by atoms with van der Waals surface area (Å²) in [4.78, 5) is 41.6. The number of hydrogen-bond donors (Lipinski definition) is 1. The molecule has 54 heavy (non-hydrogen) atoms. The number of piperidine rings is 1. The van der Waals surface area contributed by atoms with E-state index in [1.807, 2.05) is 0 Å². The molecule has 1 aliphatic rings. The van der Waals surface area contributed by atoms with Gasteiger partial charge in [-0.25, -0.2) is 0 Å². The lowest BCUT2D eigenvalue weighted by Gasteiger charge is -2.47. The van der Waals surface area contributed by atoms with E-state index < -0.39 is 5.54 Å². The van der Waals surface area contributed by atoms with Gasteiger partial charge < -0.3 is 19.3 Å². The van der Waals surface area contributed by atoms with Gasteiger partial charge in [-0.1, -0.05) is 95.8 Å². The van der Waals surface area contributed by atoms with Crippen LogP contribution in [0.5, 0.6) is 0 Å². The quantitative estimate of drug-likeness (QED) is 0.0295. The second-order valence-electron chi connectivity index (χ2n) is 15.3. The van der Waals surface area contributed by atoms with E-state index in [2.05, 4.69) is 62.1 Å². The summed E-state index contributed by atoms with van der Waals surface area (Å²) in [6.07, 6.45) is 36.3. The predicted octanol–water partition coefficient (Wildman–Crippen LogP) is 11.1. The maximum Gasteiger partial charge on any atom is 0.305 e. The highest BCUT2D eigenvalue weighted by Crippen LogP contribution is 2.36. The molecule has 1 heterocycles. The molecule has 1 aliphatic heterocycles. The van der Waals surface area contributed by atoms with Crippen LogP contribution in [0.4, 0.5) is 0 Å². The van der Waals surface area contributed by atoms with E-state index in [4.69, 9.17) is 14.2 Å². The second kappa shape index (κ2) is 35.0. The molecule has 0 aromatic carbocycles. The molecule has 0 amide bonds. The Morgan fingerprint density at radius 2 is 0.852 bits per heavy atom. The first-order chi connectivity index (χ1) is 26.4. The van der Waals surface area contributed by atoms with Gasteiger partial charge in [0, 0.05) is 31.4 Å². The molecule has 1 rings (SSSR count). The van der Waals surface area contributed by atoms with Crippen molar-refractivity contribution in [1.82, 2.24) is 4.90 Å².